The second kappa shape index (κ2) is 4.99. The number of hydrogen-bond donors (Lipinski definition) is 1. The van der Waals surface area contributed by atoms with E-state index in [0.29, 0.717) is 0 Å². The Morgan fingerprint density at radius 2 is 2.05 bits per heavy atom. The smallest absolute Gasteiger partial charge is 0.356 e. The summed E-state index contributed by atoms with van der Waals surface area (Å²) in [5.74, 6) is -0.318. The van der Waals surface area contributed by atoms with Gasteiger partial charge in [0.25, 0.3) is 0 Å². The van der Waals surface area contributed by atoms with Gasteiger partial charge in [-0.2, -0.15) is 0 Å². The number of carbonyl (C=O) groups is 1. The molecule has 1 aliphatic rings. The minimum atomic E-state index is -1.05. The lowest BCUT2D eigenvalue weighted by Crippen LogP contribution is -2.32. The Morgan fingerprint density at radius 1 is 1.32 bits per heavy atom. The minimum Gasteiger partial charge on any atom is -0.476 e. The van der Waals surface area contributed by atoms with E-state index in [0.717, 1.165) is 25.3 Å². The van der Waals surface area contributed by atoms with E-state index in [9.17, 15) is 4.79 Å². The average molecular weight is 261 g/mol. The third-order valence-electron chi connectivity index (χ3n) is 3.35. The molecule has 0 amide bonds. The first-order valence-corrected chi connectivity index (χ1v) is 6.38. The van der Waals surface area contributed by atoms with Crippen molar-refractivity contribution in [2.45, 2.75) is 27.2 Å². The van der Waals surface area contributed by atoms with Gasteiger partial charge >= 0.3 is 5.97 Å². The molecule has 1 N–H and O–H groups in total. The number of nitrogens with zero attached hydrogens (tertiary/aromatic N) is 3. The highest BCUT2D eigenvalue weighted by molar-refractivity contribution is 5.84. The van der Waals surface area contributed by atoms with E-state index in [-0.39, 0.29) is 11.1 Å². The lowest BCUT2D eigenvalue weighted by Gasteiger charge is -2.32. The van der Waals surface area contributed by atoms with E-state index in [1.807, 2.05) is 0 Å². The minimum absolute atomic E-state index is 0.0216. The summed E-state index contributed by atoms with van der Waals surface area (Å²) in [7, 11) is 0. The maximum Gasteiger partial charge on any atom is 0.356 e. The van der Waals surface area contributed by atoms with E-state index in [4.69, 9.17) is 5.11 Å². The predicted octanol–water partition coefficient (Wildman–Crippen LogP) is 2.36. The van der Waals surface area contributed by atoms with Gasteiger partial charge in [-0.3, -0.25) is 0 Å². The molecule has 5 heteroatoms. The standard InChI is InChI=1S/C14H19N3O2/c1-14(2,3)10-4-6-17(7-5-10)12-9-15-11(8-16-12)13(18)19/h4,8-9H,5-7H2,1-3H3,(H,18,19). The number of aromatic nitrogens is 2. The summed E-state index contributed by atoms with van der Waals surface area (Å²) in [5, 5.41) is 8.78. The van der Waals surface area contributed by atoms with Crippen molar-refractivity contribution < 1.29 is 9.90 Å². The number of carboxylic acid groups (broad SMARTS) is 1. The molecule has 2 heterocycles. The molecule has 19 heavy (non-hydrogen) atoms. The zero-order chi connectivity index (χ0) is 14.0. The van der Waals surface area contributed by atoms with Gasteiger partial charge in [-0.05, 0) is 11.8 Å². The summed E-state index contributed by atoms with van der Waals surface area (Å²) in [4.78, 5) is 20.9. The van der Waals surface area contributed by atoms with Crippen molar-refractivity contribution in [3.63, 3.8) is 0 Å². The number of hydrogen-bond acceptors (Lipinski definition) is 4. The van der Waals surface area contributed by atoms with Crippen molar-refractivity contribution in [1.82, 2.24) is 9.97 Å². The molecule has 0 bridgehead atoms. The van der Waals surface area contributed by atoms with Crippen molar-refractivity contribution in [3.8, 4) is 0 Å². The van der Waals surface area contributed by atoms with Crippen LogP contribution in [0.2, 0.25) is 0 Å². The second-order valence-electron chi connectivity index (χ2n) is 5.74. The summed E-state index contributed by atoms with van der Waals surface area (Å²) >= 11 is 0. The first-order valence-electron chi connectivity index (χ1n) is 6.38. The molecule has 102 valence electrons. The highest BCUT2D eigenvalue weighted by atomic mass is 16.4. The fourth-order valence-corrected chi connectivity index (χ4v) is 2.15. The zero-order valence-corrected chi connectivity index (χ0v) is 11.6. The zero-order valence-electron chi connectivity index (χ0n) is 11.6. The van der Waals surface area contributed by atoms with Gasteiger partial charge in [0, 0.05) is 13.1 Å². The van der Waals surface area contributed by atoms with Crippen LogP contribution < -0.4 is 4.90 Å². The molecule has 0 fully saturated rings. The fraction of sp³-hybridized carbons (Fsp3) is 0.500. The topological polar surface area (TPSA) is 66.3 Å². The molecule has 0 radical (unpaired) electrons. The van der Waals surface area contributed by atoms with Gasteiger partial charge < -0.3 is 10.0 Å². The van der Waals surface area contributed by atoms with Crippen LogP contribution in [0.15, 0.2) is 24.0 Å². The SMILES string of the molecule is CC(C)(C)C1=CCN(c2cnc(C(=O)O)cn2)CC1. The van der Waals surface area contributed by atoms with E-state index < -0.39 is 5.97 Å². The highest BCUT2D eigenvalue weighted by Crippen LogP contribution is 2.30. The van der Waals surface area contributed by atoms with Crippen molar-refractivity contribution in [2.75, 3.05) is 18.0 Å². The summed E-state index contributed by atoms with van der Waals surface area (Å²) in [5.41, 5.74) is 1.65. The van der Waals surface area contributed by atoms with Crippen LogP contribution in [0, 0.1) is 5.41 Å². The van der Waals surface area contributed by atoms with Crippen molar-refractivity contribution in [3.05, 3.63) is 29.7 Å². The van der Waals surface area contributed by atoms with Crippen molar-refractivity contribution >= 4 is 11.8 Å². The lowest BCUT2D eigenvalue weighted by atomic mass is 9.83. The number of carboxylic acids is 1. The molecule has 0 unspecified atom stereocenters. The largest absolute Gasteiger partial charge is 0.476 e. The molecule has 1 aliphatic heterocycles. The Hall–Kier alpha value is -1.91. The molecular formula is C14H19N3O2. The van der Waals surface area contributed by atoms with E-state index in [1.54, 1.807) is 0 Å². The van der Waals surface area contributed by atoms with Crippen LogP contribution in [0.3, 0.4) is 0 Å². The molecule has 0 aliphatic carbocycles. The van der Waals surface area contributed by atoms with Gasteiger partial charge in [0.1, 0.15) is 5.82 Å². The van der Waals surface area contributed by atoms with Crippen LogP contribution in [-0.4, -0.2) is 34.1 Å². The third-order valence-corrected chi connectivity index (χ3v) is 3.35. The van der Waals surface area contributed by atoms with Crippen molar-refractivity contribution in [1.29, 1.82) is 0 Å². The maximum atomic E-state index is 10.7. The molecule has 0 spiro atoms. The molecule has 0 atom stereocenters. The predicted molar refractivity (Wildman–Crippen MR) is 73.4 cm³/mol. The van der Waals surface area contributed by atoms with Crippen LogP contribution in [-0.2, 0) is 0 Å². The number of anilines is 1. The van der Waals surface area contributed by atoms with Crippen LogP contribution in [0.5, 0.6) is 0 Å². The molecule has 1 aromatic heterocycles. The van der Waals surface area contributed by atoms with Crippen LogP contribution in [0.25, 0.3) is 0 Å². The van der Waals surface area contributed by atoms with Gasteiger partial charge in [-0.1, -0.05) is 32.4 Å². The highest BCUT2D eigenvalue weighted by Gasteiger charge is 2.22. The first-order chi connectivity index (χ1) is 8.88. The Labute approximate surface area is 113 Å². The molecule has 0 aromatic carbocycles. The van der Waals surface area contributed by atoms with Crippen LogP contribution >= 0.6 is 0 Å². The van der Waals surface area contributed by atoms with E-state index in [1.165, 1.54) is 18.0 Å². The summed E-state index contributed by atoms with van der Waals surface area (Å²) in [6.07, 6.45) is 6.07. The van der Waals surface area contributed by atoms with Gasteiger partial charge in [0.05, 0.1) is 12.4 Å². The van der Waals surface area contributed by atoms with Gasteiger partial charge in [0.2, 0.25) is 0 Å². The molecule has 2 rings (SSSR count). The summed E-state index contributed by atoms with van der Waals surface area (Å²) in [6.45, 7) is 8.35. The fourth-order valence-electron chi connectivity index (χ4n) is 2.15. The Balaban J connectivity index is 2.09. The molecule has 0 saturated heterocycles. The normalized spacial score (nSPS) is 16.2. The molecular weight excluding hydrogens is 242 g/mol. The van der Waals surface area contributed by atoms with Gasteiger partial charge in [-0.15, -0.1) is 0 Å². The Kier molecular flexibility index (Phi) is 3.55. The lowest BCUT2D eigenvalue weighted by molar-refractivity contribution is 0.0690. The molecule has 0 saturated carbocycles. The quantitative estimate of drug-likeness (QED) is 0.828. The third kappa shape index (κ3) is 3.10. The molecule has 5 nitrogen and oxygen atoms in total. The van der Waals surface area contributed by atoms with Crippen LogP contribution in [0.4, 0.5) is 5.82 Å². The average Bonchev–Trinajstić information content (AvgIpc) is 2.38. The molecule has 1 aromatic rings. The van der Waals surface area contributed by atoms with Crippen molar-refractivity contribution in [2.24, 2.45) is 5.41 Å². The van der Waals surface area contributed by atoms with E-state index >= 15 is 0 Å². The monoisotopic (exact) mass is 261 g/mol. The summed E-state index contributed by atoms with van der Waals surface area (Å²) in [6, 6.07) is 0. The number of aromatic carboxylic acids is 1. The van der Waals surface area contributed by atoms with Gasteiger partial charge in [0.15, 0.2) is 5.69 Å². The Bertz CT molecular complexity index is 500. The second-order valence-corrected chi connectivity index (χ2v) is 5.74. The van der Waals surface area contributed by atoms with Crippen LogP contribution in [0.1, 0.15) is 37.7 Å². The first kappa shape index (κ1) is 13.5. The summed E-state index contributed by atoms with van der Waals surface area (Å²) < 4.78 is 0. The van der Waals surface area contributed by atoms with Gasteiger partial charge in [-0.25, -0.2) is 14.8 Å². The maximum absolute atomic E-state index is 10.7. The Morgan fingerprint density at radius 3 is 2.47 bits per heavy atom. The van der Waals surface area contributed by atoms with E-state index in [2.05, 4.69) is 41.7 Å². The number of rotatable bonds is 2.